The van der Waals surface area contributed by atoms with E-state index in [4.69, 9.17) is 14.2 Å². The zero-order valence-electron chi connectivity index (χ0n) is 14.5. The molecule has 0 N–H and O–H groups in total. The molecule has 1 aromatic carbocycles. The van der Waals surface area contributed by atoms with Crippen LogP contribution in [0.4, 0.5) is 5.82 Å². The van der Waals surface area contributed by atoms with Gasteiger partial charge in [0.1, 0.15) is 29.0 Å². The highest BCUT2D eigenvalue weighted by Crippen LogP contribution is 2.25. The number of benzene rings is 1. The fourth-order valence-corrected chi connectivity index (χ4v) is 2.95. The van der Waals surface area contributed by atoms with Gasteiger partial charge in [-0.2, -0.15) is 0 Å². The van der Waals surface area contributed by atoms with Crippen LogP contribution in [0.1, 0.15) is 23.2 Å². The number of carbonyl (C=O) groups is 1. The Hall–Kier alpha value is -2.76. The van der Waals surface area contributed by atoms with E-state index < -0.39 is 0 Å². The van der Waals surface area contributed by atoms with Crippen molar-refractivity contribution in [3.8, 4) is 11.5 Å². The van der Waals surface area contributed by atoms with E-state index in [1.165, 1.54) is 7.11 Å². The molecular formula is C19H22N2O4. The van der Waals surface area contributed by atoms with Gasteiger partial charge in [0.15, 0.2) is 0 Å². The zero-order valence-corrected chi connectivity index (χ0v) is 14.5. The van der Waals surface area contributed by atoms with Crippen LogP contribution < -0.4 is 14.4 Å². The molecule has 1 fully saturated rings. The van der Waals surface area contributed by atoms with Gasteiger partial charge in [-0.05, 0) is 36.4 Å². The summed E-state index contributed by atoms with van der Waals surface area (Å²) in [7, 11) is 3.03. The molecule has 0 unspecified atom stereocenters. The van der Waals surface area contributed by atoms with Gasteiger partial charge >= 0.3 is 5.97 Å². The Morgan fingerprint density at radius 1 is 1.08 bits per heavy atom. The minimum atomic E-state index is -0.361. The molecule has 0 spiro atoms. The van der Waals surface area contributed by atoms with Gasteiger partial charge in [-0.15, -0.1) is 0 Å². The Morgan fingerprint density at radius 3 is 2.40 bits per heavy atom. The Bertz CT molecular complexity index is 710. The Kier molecular flexibility index (Phi) is 5.38. The molecular weight excluding hydrogens is 320 g/mol. The summed E-state index contributed by atoms with van der Waals surface area (Å²) in [6.45, 7) is 1.56. The molecule has 0 radical (unpaired) electrons. The SMILES string of the molecule is COC(=O)c1cccnc1N1CCC(Oc2ccc(OC)cc2)CC1. The summed E-state index contributed by atoms with van der Waals surface area (Å²) in [5, 5.41) is 0. The van der Waals surface area contributed by atoms with Crippen molar-refractivity contribution in [2.24, 2.45) is 0 Å². The number of hydrogen-bond acceptors (Lipinski definition) is 6. The number of methoxy groups -OCH3 is 2. The molecule has 0 aliphatic carbocycles. The maximum atomic E-state index is 11.9. The summed E-state index contributed by atoms with van der Waals surface area (Å²) in [5.74, 6) is 1.97. The molecule has 3 rings (SSSR count). The van der Waals surface area contributed by atoms with Crippen molar-refractivity contribution in [2.75, 3.05) is 32.2 Å². The van der Waals surface area contributed by atoms with Crippen LogP contribution in [0.5, 0.6) is 11.5 Å². The lowest BCUT2D eigenvalue weighted by atomic mass is 10.1. The highest BCUT2D eigenvalue weighted by atomic mass is 16.5. The third-order valence-electron chi connectivity index (χ3n) is 4.30. The molecule has 25 heavy (non-hydrogen) atoms. The predicted molar refractivity (Wildman–Crippen MR) is 94.4 cm³/mol. The molecule has 2 heterocycles. The van der Waals surface area contributed by atoms with E-state index in [-0.39, 0.29) is 12.1 Å². The van der Waals surface area contributed by atoms with Crippen molar-refractivity contribution < 1.29 is 19.0 Å². The number of ether oxygens (including phenoxy) is 3. The molecule has 6 nitrogen and oxygen atoms in total. The number of anilines is 1. The van der Waals surface area contributed by atoms with Gasteiger partial charge < -0.3 is 19.1 Å². The summed E-state index contributed by atoms with van der Waals surface area (Å²) < 4.78 is 16.0. The standard InChI is InChI=1S/C19H22N2O4/c1-23-14-5-7-15(8-6-14)25-16-9-12-21(13-10-16)18-17(19(22)24-2)4-3-11-20-18/h3-8,11,16H,9-10,12-13H2,1-2H3. The molecule has 1 aliphatic heterocycles. The quantitative estimate of drug-likeness (QED) is 0.779. The number of esters is 1. The molecule has 2 aromatic rings. The molecule has 0 amide bonds. The van der Waals surface area contributed by atoms with Gasteiger partial charge in [0.25, 0.3) is 0 Å². The maximum Gasteiger partial charge on any atom is 0.341 e. The van der Waals surface area contributed by atoms with E-state index >= 15 is 0 Å². The summed E-state index contributed by atoms with van der Waals surface area (Å²) in [6.07, 6.45) is 3.57. The second kappa shape index (κ2) is 7.88. The van der Waals surface area contributed by atoms with Gasteiger partial charge in [-0.25, -0.2) is 9.78 Å². The second-order valence-electron chi connectivity index (χ2n) is 5.85. The fraction of sp³-hybridized carbons (Fsp3) is 0.368. The van der Waals surface area contributed by atoms with E-state index in [9.17, 15) is 4.79 Å². The van der Waals surface area contributed by atoms with Crippen LogP contribution in [0, 0.1) is 0 Å². The monoisotopic (exact) mass is 342 g/mol. The molecule has 1 saturated heterocycles. The Labute approximate surface area is 147 Å². The van der Waals surface area contributed by atoms with Crippen molar-refractivity contribution in [2.45, 2.75) is 18.9 Å². The number of aromatic nitrogens is 1. The molecule has 132 valence electrons. The van der Waals surface area contributed by atoms with Gasteiger partial charge in [-0.3, -0.25) is 0 Å². The van der Waals surface area contributed by atoms with Crippen LogP contribution in [0.2, 0.25) is 0 Å². The predicted octanol–water partition coefficient (Wildman–Crippen LogP) is 2.92. The minimum Gasteiger partial charge on any atom is -0.497 e. The highest BCUT2D eigenvalue weighted by Gasteiger charge is 2.25. The smallest absolute Gasteiger partial charge is 0.341 e. The first kappa shape index (κ1) is 17.1. The van der Waals surface area contributed by atoms with Gasteiger partial charge in [0.05, 0.1) is 14.2 Å². The number of nitrogens with zero attached hydrogens (tertiary/aromatic N) is 2. The average molecular weight is 342 g/mol. The maximum absolute atomic E-state index is 11.9. The van der Waals surface area contributed by atoms with Crippen LogP contribution in [0.25, 0.3) is 0 Å². The van der Waals surface area contributed by atoms with Gasteiger partial charge in [0, 0.05) is 32.1 Å². The summed E-state index contributed by atoms with van der Waals surface area (Å²) in [4.78, 5) is 18.4. The molecule has 0 bridgehead atoms. The van der Waals surface area contributed by atoms with Crippen molar-refractivity contribution in [3.63, 3.8) is 0 Å². The van der Waals surface area contributed by atoms with Crippen LogP contribution in [-0.4, -0.2) is 44.4 Å². The van der Waals surface area contributed by atoms with E-state index in [1.54, 1.807) is 25.4 Å². The Morgan fingerprint density at radius 2 is 1.76 bits per heavy atom. The molecule has 6 heteroatoms. The first-order valence-electron chi connectivity index (χ1n) is 8.30. The van der Waals surface area contributed by atoms with Gasteiger partial charge in [0.2, 0.25) is 0 Å². The summed E-state index contributed by atoms with van der Waals surface area (Å²) in [6, 6.07) is 11.1. The van der Waals surface area contributed by atoms with Crippen molar-refractivity contribution >= 4 is 11.8 Å². The molecule has 0 atom stereocenters. The first-order valence-corrected chi connectivity index (χ1v) is 8.30. The van der Waals surface area contributed by atoms with Crippen LogP contribution in [0.3, 0.4) is 0 Å². The lowest BCUT2D eigenvalue weighted by Gasteiger charge is -2.33. The van der Waals surface area contributed by atoms with Crippen LogP contribution in [0.15, 0.2) is 42.6 Å². The number of hydrogen-bond donors (Lipinski definition) is 0. The Balaban J connectivity index is 1.61. The zero-order chi connectivity index (χ0) is 17.6. The second-order valence-corrected chi connectivity index (χ2v) is 5.85. The minimum absolute atomic E-state index is 0.148. The third kappa shape index (κ3) is 4.02. The van der Waals surface area contributed by atoms with Crippen LogP contribution >= 0.6 is 0 Å². The van der Waals surface area contributed by atoms with E-state index in [1.807, 2.05) is 24.3 Å². The molecule has 0 saturated carbocycles. The normalized spacial score (nSPS) is 14.9. The molecule has 1 aliphatic rings. The molecule has 1 aromatic heterocycles. The fourth-order valence-electron chi connectivity index (χ4n) is 2.95. The van der Waals surface area contributed by atoms with Crippen molar-refractivity contribution in [1.82, 2.24) is 4.98 Å². The lowest BCUT2D eigenvalue weighted by Crippen LogP contribution is -2.39. The highest BCUT2D eigenvalue weighted by molar-refractivity contribution is 5.94. The van der Waals surface area contributed by atoms with Crippen LogP contribution in [-0.2, 0) is 4.74 Å². The van der Waals surface area contributed by atoms with Crippen molar-refractivity contribution in [1.29, 1.82) is 0 Å². The number of carbonyl (C=O) groups excluding carboxylic acids is 1. The summed E-state index contributed by atoms with van der Waals surface area (Å²) >= 11 is 0. The topological polar surface area (TPSA) is 60.9 Å². The van der Waals surface area contributed by atoms with Gasteiger partial charge in [-0.1, -0.05) is 0 Å². The van der Waals surface area contributed by atoms with Crippen molar-refractivity contribution in [3.05, 3.63) is 48.2 Å². The average Bonchev–Trinajstić information content (AvgIpc) is 2.68. The number of rotatable bonds is 5. The first-order chi connectivity index (χ1) is 12.2. The summed E-state index contributed by atoms with van der Waals surface area (Å²) in [5.41, 5.74) is 0.500. The lowest BCUT2D eigenvalue weighted by molar-refractivity contribution is 0.0601. The van der Waals surface area contributed by atoms with E-state index in [2.05, 4.69) is 9.88 Å². The number of piperidine rings is 1. The largest absolute Gasteiger partial charge is 0.497 e. The third-order valence-corrected chi connectivity index (χ3v) is 4.30. The van der Waals surface area contributed by atoms with E-state index in [0.29, 0.717) is 11.4 Å². The van der Waals surface area contributed by atoms with E-state index in [0.717, 1.165) is 37.4 Å². The number of pyridine rings is 1.